The number of anilines is 2. The van der Waals surface area contributed by atoms with Gasteiger partial charge >= 0.3 is 6.09 Å². The normalized spacial score (nSPS) is 24.0. The summed E-state index contributed by atoms with van der Waals surface area (Å²) < 4.78 is 6.11. The molecule has 1 aromatic heterocycles. The van der Waals surface area contributed by atoms with Gasteiger partial charge in [0.15, 0.2) is 0 Å². The maximum atomic E-state index is 14.1. The minimum absolute atomic E-state index is 0.135. The summed E-state index contributed by atoms with van der Waals surface area (Å²) in [5.41, 5.74) is 1.79. The highest BCUT2D eigenvalue weighted by Gasteiger charge is 2.53. The van der Waals surface area contributed by atoms with Crippen molar-refractivity contribution in [3.63, 3.8) is 0 Å². The van der Waals surface area contributed by atoms with Crippen LogP contribution >= 0.6 is 11.6 Å². The number of ether oxygens (including phenoxy) is 1. The second kappa shape index (κ2) is 9.19. The second-order valence-corrected chi connectivity index (χ2v) is 11.3. The van der Waals surface area contributed by atoms with Crippen molar-refractivity contribution in [2.75, 3.05) is 43.9 Å². The van der Waals surface area contributed by atoms with E-state index in [0.29, 0.717) is 36.5 Å². The lowest BCUT2D eigenvalue weighted by Gasteiger charge is -2.40. The second-order valence-electron chi connectivity index (χ2n) is 10.9. The summed E-state index contributed by atoms with van der Waals surface area (Å²) in [6.07, 6.45) is 1.42. The number of cyclic esters (lactones) is 1. The van der Waals surface area contributed by atoms with Crippen LogP contribution in [-0.2, 0) is 9.53 Å². The summed E-state index contributed by atoms with van der Waals surface area (Å²) >= 11 is 6.15. The zero-order chi connectivity index (χ0) is 25.8. The minimum Gasteiger partial charge on any atom is -0.441 e. The van der Waals surface area contributed by atoms with Crippen molar-refractivity contribution in [2.24, 2.45) is 0 Å². The number of aromatic nitrogens is 2. The Morgan fingerprint density at radius 2 is 1.92 bits per heavy atom. The zero-order valence-electron chi connectivity index (χ0n) is 21.4. The van der Waals surface area contributed by atoms with E-state index in [1.807, 2.05) is 31.2 Å². The molecule has 2 aliphatic heterocycles. The lowest BCUT2D eigenvalue weighted by Crippen LogP contribution is -2.54. The molecule has 2 fully saturated rings. The largest absolute Gasteiger partial charge is 0.441 e. The van der Waals surface area contributed by atoms with Crippen molar-refractivity contribution in [3.8, 4) is 0 Å². The number of halogens is 1. The Labute approximate surface area is 217 Å². The fraction of sp³-hybridized carbons (Fsp3) is 0.538. The molecule has 0 unspecified atom stereocenters. The molecule has 3 heterocycles. The highest BCUT2D eigenvalue weighted by molar-refractivity contribution is 6.30. The number of nitrogens with zero attached hydrogens (tertiary/aromatic N) is 5. The first-order valence-electron chi connectivity index (χ1n) is 12.5. The molecule has 1 N–H and O–H groups in total. The monoisotopic (exact) mass is 513 g/mol. The predicted octanol–water partition coefficient (Wildman–Crippen LogP) is 3.81. The fourth-order valence-corrected chi connectivity index (χ4v) is 5.39. The molecule has 2 amide bonds. The van der Waals surface area contributed by atoms with Crippen LogP contribution < -0.4 is 10.2 Å². The number of rotatable bonds is 6. The highest BCUT2D eigenvalue weighted by atomic mass is 35.5. The van der Waals surface area contributed by atoms with E-state index in [2.05, 4.69) is 53.0 Å². The van der Waals surface area contributed by atoms with Gasteiger partial charge in [-0.05, 0) is 44.9 Å². The molecule has 36 heavy (non-hydrogen) atoms. The van der Waals surface area contributed by atoms with Crippen LogP contribution in [0.5, 0.6) is 0 Å². The Kier molecular flexibility index (Phi) is 6.32. The average molecular weight is 514 g/mol. The first kappa shape index (κ1) is 24.8. The van der Waals surface area contributed by atoms with Gasteiger partial charge in [0.2, 0.25) is 5.91 Å². The van der Waals surface area contributed by atoms with Crippen molar-refractivity contribution >= 4 is 35.2 Å². The Bertz CT molecular complexity index is 1170. The first-order chi connectivity index (χ1) is 17.1. The van der Waals surface area contributed by atoms with Gasteiger partial charge in [-0.15, -0.1) is 0 Å². The number of piperazine rings is 1. The molecule has 1 aromatic carbocycles. The number of hydrogen-bond donors (Lipinski definition) is 1. The molecular weight excluding hydrogens is 480 g/mol. The number of fused-ring (bicyclic) bond motifs is 2. The number of quaternary nitrogens is 1. The van der Waals surface area contributed by atoms with E-state index in [1.165, 1.54) is 6.33 Å². The number of amides is 2. The standard InChI is InChI=1S/C26H33ClN6O3/c1-15(2)33(4,5)13-19(17-6-8-18(27)9-7-17)25(34)32-11-10-31(20-12-21(20)32)24-22-16(3)36-26(35)30-23(22)28-14-29-24/h6-9,14-16,19-21H,10-13H2,1-5H3/p+1/t16-,19-,20+,21-/m1/s1. The van der Waals surface area contributed by atoms with E-state index in [9.17, 15) is 9.59 Å². The van der Waals surface area contributed by atoms with E-state index < -0.39 is 12.2 Å². The summed E-state index contributed by atoms with van der Waals surface area (Å²) in [6, 6.07) is 8.39. The Morgan fingerprint density at radius 3 is 2.61 bits per heavy atom. The summed E-state index contributed by atoms with van der Waals surface area (Å²) in [7, 11) is 4.36. The lowest BCUT2D eigenvalue weighted by molar-refractivity contribution is -0.911. The number of likely N-dealkylation sites (N-methyl/N-ethyl adjacent to an activating group) is 1. The van der Waals surface area contributed by atoms with Gasteiger partial charge in [-0.1, -0.05) is 23.7 Å². The van der Waals surface area contributed by atoms with Crippen LogP contribution in [0.15, 0.2) is 30.6 Å². The first-order valence-corrected chi connectivity index (χ1v) is 12.9. The van der Waals surface area contributed by atoms with Crippen LogP contribution in [0.1, 0.15) is 50.3 Å². The summed E-state index contributed by atoms with van der Waals surface area (Å²) in [5.74, 6) is 1.20. The third kappa shape index (κ3) is 4.50. The van der Waals surface area contributed by atoms with E-state index in [-0.39, 0.29) is 23.9 Å². The molecule has 9 nitrogen and oxygen atoms in total. The molecule has 1 saturated heterocycles. The quantitative estimate of drug-likeness (QED) is 0.591. The maximum Gasteiger partial charge on any atom is 0.413 e. The fourth-order valence-electron chi connectivity index (χ4n) is 5.26. The van der Waals surface area contributed by atoms with E-state index in [4.69, 9.17) is 16.3 Å². The molecular formula is C26H34ClN6O3+. The number of carbonyl (C=O) groups is 2. The topological polar surface area (TPSA) is 87.7 Å². The average Bonchev–Trinajstić information content (AvgIpc) is 3.62. The van der Waals surface area contributed by atoms with Gasteiger partial charge in [0.1, 0.15) is 30.0 Å². The number of nitrogens with one attached hydrogen (secondary N) is 1. The number of carbonyl (C=O) groups excluding carboxylic acids is 2. The van der Waals surface area contributed by atoms with Gasteiger partial charge < -0.3 is 19.0 Å². The van der Waals surface area contributed by atoms with Gasteiger partial charge in [-0.2, -0.15) is 0 Å². The molecule has 2 aromatic rings. The molecule has 0 radical (unpaired) electrons. The van der Waals surface area contributed by atoms with Crippen LogP contribution in [0.25, 0.3) is 0 Å². The van der Waals surface area contributed by atoms with Crippen molar-refractivity contribution in [2.45, 2.75) is 57.3 Å². The Balaban J connectivity index is 1.38. The van der Waals surface area contributed by atoms with E-state index in [0.717, 1.165) is 27.8 Å². The molecule has 3 aliphatic rings. The summed E-state index contributed by atoms with van der Waals surface area (Å²) in [5, 5.41) is 3.35. The van der Waals surface area contributed by atoms with Crippen molar-refractivity contribution < 1.29 is 18.8 Å². The predicted molar refractivity (Wildman–Crippen MR) is 138 cm³/mol. The van der Waals surface area contributed by atoms with Gasteiger partial charge in [0.05, 0.1) is 44.3 Å². The van der Waals surface area contributed by atoms with Crippen molar-refractivity contribution in [3.05, 3.63) is 46.7 Å². The minimum atomic E-state index is -0.504. The molecule has 5 rings (SSSR count). The smallest absolute Gasteiger partial charge is 0.413 e. The lowest BCUT2D eigenvalue weighted by atomic mass is 9.95. The number of benzene rings is 1. The summed E-state index contributed by atoms with van der Waals surface area (Å²) in [4.78, 5) is 39.0. The van der Waals surface area contributed by atoms with Gasteiger partial charge in [0, 0.05) is 18.1 Å². The van der Waals surface area contributed by atoms with Gasteiger partial charge in [-0.25, -0.2) is 14.8 Å². The molecule has 4 atom stereocenters. The molecule has 1 aliphatic carbocycles. The van der Waals surface area contributed by atoms with Crippen LogP contribution in [0.3, 0.4) is 0 Å². The van der Waals surface area contributed by atoms with Crippen LogP contribution in [0.4, 0.5) is 16.4 Å². The van der Waals surface area contributed by atoms with Gasteiger partial charge in [-0.3, -0.25) is 10.1 Å². The third-order valence-corrected chi connectivity index (χ3v) is 8.31. The van der Waals surface area contributed by atoms with Gasteiger partial charge in [0.25, 0.3) is 0 Å². The molecule has 192 valence electrons. The molecule has 0 spiro atoms. The van der Waals surface area contributed by atoms with E-state index >= 15 is 0 Å². The molecule has 0 bridgehead atoms. The Morgan fingerprint density at radius 1 is 1.19 bits per heavy atom. The number of hydrogen-bond acceptors (Lipinski definition) is 6. The summed E-state index contributed by atoms with van der Waals surface area (Å²) in [6.45, 7) is 8.19. The van der Waals surface area contributed by atoms with Crippen molar-refractivity contribution in [1.29, 1.82) is 0 Å². The third-order valence-electron chi connectivity index (χ3n) is 8.06. The van der Waals surface area contributed by atoms with Crippen LogP contribution in [0.2, 0.25) is 5.02 Å². The van der Waals surface area contributed by atoms with Crippen LogP contribution in [-0.4, -0.2) is 83.2 Å². The Hall–Kier alpha value is -2.91. The van der Waals surface area contributed by atoms with Crippen molar-refractivity contribution in [1.82, 2.24) is 14.9 Å². The highest BCUT2D eigenvalue weighted by Crippen LogP contribution is 2.44. The molecule has 1 saturated carbocycles. The van der Waals surface area contributed by atoms with Crippen LogP contribution in [0, 0.1) is 0 Å². The molecule has 10 heteroatoms. The maximum absolute atomic E-state index is 14.1. The SMILES string of the molecule is CC(C)[N+](C)(C)C[C@@H](C(=O)N1CCN(c2ncnc3c2[C@@H](C)OC(=O)N3)[C@H]2C[C@H]21)c1ccc(Cl)cc1. The van der Waals surface area contributed by atoms with E-state index in [1.54, 1.807) is 0 Å². The zero-order valence-corrected chi connectivity index (χ0v) is 22.2.